The molecule has 0 unspecified atom stereocenters. The van der Waals surface area contributed by atoms with Crippen molar-refractivity contribution in [1.82, 2.24) is 9.47 Å². The molecule has 7 heteroatoms. The lowest BCUT2D eigenvalue weighted by Gasteiger charge is -2.31. The Bertz CT molecular complexity index is 1010. The van der Waals surface area contributed by atoms with Crippen molar-refractivity contribution < 1.29 is 13.2 Å². The third kappa shape index (κ3) is 4.38. The third-order valence-electron chi connectivity index (χ3n) is 5.71. The number of nitriles is 1. The van der Waals surface area contributed by atoms with Crippen LogP contribution in [0.15, 0.2) is 29.1 Å². The highest BCUT2D eigenvalue weighted by Crippen LogP contribution is 2.35. The molecule has 1 aromatic carbocycles. The van der Waals surface area contributed by atoms with Gasteiger partial charge in [0.15, 0.2) is 0 Å². The number of alkyl halides is 3. The molecule has 0 atom stereocenters. The Morgan fingerprint density at radius 1 is 1.17 bits per heavy atom. The Morgan fingerprint density at radius 3 is 2.38 bits per heavy atom. The second kappa shape index (κ2) is 8.03. The van der Waals surface area contributed by atoms with Gasteiger partial charge in [-0.15, -0.1) is 0 Å². The highest BCUT2D eigenvalue weighted by molar-refractivity contribution is 5.41. The lowest BCUT2D eigenvalue weighted by Crippen LogP contribution is -2.35. The van der Waals surface area contributed by atoms with E-state index in [-0.39, 0.29) is 12.5 Å². The fourth-order valence-corrected chi connectivity index (χ4v) is 4.00. The topological polar surface area (TPSA) is 49.0 Å². The number of pyridine rings is 1. The highest BCUT2D eigenvalue weighted by Gasteiger charge is 2.37. The van der Waals surface area contributed by atoms with Crippen LogP contribution in [0.4, 0.5) is 13.2 Å². The molecule has 2 aromatic rings. The molecule has 2 heterocycles. The minimum atomic E-state index is -4.75. The Balaban J connectivity index is 2.19. The fraction of sp³-hybridized carbons (Fsp3) is 0.455. The maximum atomic E-state index is 13.6. The number of aryl methyl sites for hydroxylation is 2. The lowest BCUT2D eigenvalue weighted by molar-refractivity contribution is -0.138. The highest BCUT2D eigenvalue weighted by atomic mass is 19.4. The van der Waals surface area contributed by atoms with Crippen molar-refractivity contribution in [2.75, 3.05) is 20.1 Å². The van der Waals surface area contributed by atoms with Gasteiger partial charge in [0.05, 0.1) is 12.1 Å². The molecule has 4 nitrogen and oxygen atoms in total. The van der Waals surface area contributed by atoms with Crippen LogP contribution in [0.25, 0.3) is 0 Å². The zero-order valence-corrected chi connectivity index (χ0v) is 16.8. The summed E-state index contributed by atoms with van der Waals surface area (Å²) in [5.41, 5.74) is 0.430. The van der Waals surface area contributed by atoms with Crippen molar-refractivity contribution in [2.24, 2.45) is 0 Å². The molecule has 1 saturated heterocycles. The van der Waals surface area contributed by atoms with Crippen LogP contribution >= 0.6 is 0 Å². The maximum absolute atomic E-state index is 13.6. The Morgan fingerprint density at radius 2 is 1.83 bits per heavy atom. The van der Waals surface area contributed by atoms with Gasteiger partial charge >= 0.3 is 6.18 Å². The number of piperidine rings is 1. The smallest absolute Gasteiger partial charge is 0.307 e. The second-order valence-corrected chi connectivity index (χ2v) is 7.87. The summed E-state index contributed by atoms with van der Waals surface area (Å²) in [6.07, 6.45) is -3.40. The number of likely N-dealkylation sites (tertiary alicyclic amines) is 1. The van der Waals surface area contributed by atoms with E-state index < -0.39 is 22.9 Å². The normalized spacial score (nSPS) is 16.0. The minimum absolute atomic E-state index is 0.152. The molecule has 0 spiro atoms. The van der Waals surface area contributed by atoms with E-state index in [1.165, 1.54) is 10.6 Å². The van der Waals surface area contributed by atoms with Crippen LogP contribution in [0.3, 0.4) is 0 Å². The van der Waals surface area contributed by atoms with Gasteiger partial charge in [-0.25, -0.2) is 0 Å². The summed E-state index contributed by atoms with van der Waals surface area (Å²) in [5.74, 6) is -0.154. The quantitative estimate of drug-likeness (QED) is 0.771. The van der Waals surface area contributed by atoms with E-state index in [1.807, 2.05) is 39.1 Å². The zero-order chi connectivity index (χ0) is 21.3. The van der Waals surface area contributed by atoms with Crippen molar-refractivity contribution in [1.29, 1.82) is 5.26 Å². The van der Waals surface area contributed by atoms with E-state index in [2.05, 4.69) is 4.90 Å². The van der Waals surface area contributed by atoms with Crippen LogP contribution in [0.1, 0.15) is 52.3 Å². The molecule has 3 rings (SSSR count). The van der Waals surface area contributed by atoms with Gasteiger partial charge in [0.1, 0.15) is 11.6 Å². The van der Waals surface area contributed by atoms with Crippen LogP contribution in [0.2, 0.25) is 0 Å². The first kappa shape index (κ1) is 21.1. The number of benzene rings is 1. The first-order valence-electron chi connectivity index (χ1n) is 9.61. The standard InChI is InChI=1S/C22H24F3N3O/c1-14-4-5-17(15(2)10-14)13-28-20(16-6-8-27(3)9-7-16)11-19(22(23,24)25)18(12-26)21(28)29/h4-5,10-11,16H,6-9,13H2,1-3H3. The number of nitrogens with zero attached hydrogens (tertiary/aromatic N) is 3. The molecule has 0 N–H and O–H groups in total. The van der Waals surface area contributed by atoms with Gasteiger partial charge in [-0.3, -0.25) is 4.79 Å². The number of rotatable bonds is 3. The molecular formula is C22H24F3N3O. The van der Waals surface area contributed by atoms with Gasteiger partial charge in [0, 0.05) is 11.6 Å². The largest absolute Gasteiger partial charge is 0.417 e. The molecular weight excluding hydrogens is 379 g/mol. The molecule has 1 fully saturated rings. The summed E-state index contributed by atoms with van der Waals surface area (Å²) in [6.45, 7) is 5.53. The lowest BCUT2D eigenvalue weighted by atomic mass is 9.91. The molecule has 1 aliphatic rings. The predicted molar refractivity (Wildman–Crippen MR) is 105 cm³/mol. The first-order valence-corrected chi connectivity index (χ1v) is 9.61. The van der Waals surface area contributed by atoms with Gasteiger partial charge in [-0.05, 0) is 64.0 Å². The SMILES string of the molecule is Cc1ccc(Cn2c(C3CCN(C)CC3)cc(C(F)(F)F)c(C#N)c2=O)c(C)c1. The van der Waals surface area contributed by atoms with E-state index >= 15 is 0 Å². The molecule has 1 aliphatic heterocycles. The van der Waals surface area contributed by atoms with Crippen molar-refractivity contribution >= 4 is 0 Å². The van der Waals surface area contributed by atoms with Crippen molar-refractivity contribution in [3.8, 4) is 6.07 Å². The third-order valence-corrected chi connectivity index (χ3v) is 5.71. The monoisotopic (exact) mass is 403 g/mol. The van der Waals surface area contributed by atoms with Gasteiger partial charge in [0.2, 0.25) is 0 Å². The molecule has 0 bridgehead atoms. The molecule has 1 aromatic heterocycles. The van der Waals surface area contributed by atoms with Crippen LogP contribution in [-0.4, -0.2) is 29.6 Å². The van der Waals surface area contributed by atoms with Crippen LogP contribution in [0.5, 0.6) is 0 Å². The van der Waals surface area contributed by atoms with Gasteiger partial charge in [0.25, 0.3) is 5.56 Å². The van der Waals surface area contributed by atoms with Gasteiger partial charge in [-0.2, -0.15) is 18.4 Å². The number of aromatic nitrogens is 1. The molecule has 29 heavy (non-hydrogen) atoms. The van der Waals surface area contributed by atoms with Gasteiger partial charge in [-0.1, -0.05) is 23.8 Å². The average molecular weight is 403 g/mol. The summed E-state index contributed by atoms with van der Waals surface area (Å²) in [6, 6.07) is 8.30. The second-order valence-electron chi connectivity index (χ2n) is 7.87. The summed E-state index contributed by atoms with van der Waals surface area (Å²) >= 11 is 0. The van der Waals surface area contributed by atoms with Crippen molar-refractivity contribution in [3.63, 3.8) is 0 Å². The maximum Gasteiger partial charge on any atom is 0.417 e. The van der Waals surface area contributed by atoms with E-state index in [4.69, 9.17) is 0 Å². The summed E-state index contributed by atoms with van der Waals surface area (Å²) in [4.78, 5) is 15.1. The molecule has 154 valence electrons. The number of halogens is 3. The van der Waals surface area contributed by atoms with Crippen LogP contribution < -0.4 is 5.56 Å². The summed E-state index contributed by atoms with van der Waals surface area (Å²) in [5, 5.41) is 9.31. The molecule has 0 radical (unpaired) electrons. The first-order chi connectivity index (χ1) is 13.6. The predicted octanol–water partition coefficient (Wildman–Crippen LogP) is 4.21. The zero-order valence-electron chi connectivity index (χ0n) is 16.8. The van der Waals surface area contributed by atoms with Crippen molar-refractivity contribution in [2.45, 2.75) is 45.3 Å². The van der Waals surface area contributed by atoms with E-state index in [9.17, 15) is 23.2 Å². The summed E-state index contributed by atoms with van der Waals surface area (Å²) in [7, 11) is 1.97. The van der Waals surface area contributed by atoms with E-state index in [1.54, 1.807) is 0 Å². The van der Waals surface area contributed by atoms with Gasteiger partial charge < -0.3 is 9.47 Å². The number of hydrogen-bond donors (Lipinski definition) is 0. The fourth-order valence-electron chi connectivity index (χ4n) is 4.00. The Hall–Kier alpha value is -2.59. The van der Waals surface area contributed by atoms with Crippen LogP contribution in [-0.2, 0) is 12.7 Å². The molecule has 0 saturated carbocycles. The molecule has 0 amide bonds. The van der Waals surface area contributed by atoms with Crippen molar-refractivity contribution in [3.05, 3.63) is 68.1 Å². The number of hydrogen-bond acceptors (Lipinski definition) is 3. The van der Waals surface area contributed by atoms with E-state index in [0.717, 1.165) is 35.8 Å². The Kier molecular flexibility index (Phi) is 5.85. The summed E-state index contributed by atoms with van der Waals surface area (Å²) < 4.78 is 42.1. The van der Waals surface area contributed by atoms with Crippen LogP contribution in [0, 0.1) is 25.2 Å². The van der Waals surface area contributed by atoms with E-state index in [0.29, 0.717) is 18.5 Å². The average Bonchev–Trinajstić information content (AvgIpc) is 2.64. The minimum Gasteiger partial charge on any atom is -0.307 e. The molecule has 0 aliphatic carbocycles. The Labute approximate surface area is 168 Å².